The van der Waals surface area contributed by atoms with Crippen LogP contribution in [0.2, 0.25) is 0 Å². The van der Waals surface area contributed by atoms with Gasteiger partial charge in [-0.15, -0.1) is 0 Å². The first-order valence-electron chi connectivity index (χ1n) is 13.5. The molecule has 29 heavy (non-hydrogen) atoms. The maximum Gasteiger partial charge on any atom is -0.00853 e. The fraction of sp³-hybridized carbons (Fsp3) is 0.931. The highest BCUT2D eigenvalue weighted by molar-refractivity contribution is 5.24. The first kappa shape index (κ1) is 22.0. The zero-order valence-corrected chi connectivity index (χ0v) is 20.6. The zero-order chi connectivity index (χ0) is 20.8. The number of fused-ring (bicyclic) bond motifs is 5. The molecule has 8 atom stereocenters. The van der Waals surface area contributed by atoms with Crippen LogP contribution in [0.5, 0.6) is 0 Å². The molecule has 166 valence electrons. The predicted molar refractivity (Wildman–Crippen MR) is 127 cm³/mol. The molecule has 0 aromatic rings. The molecule has 0 amide bonds. The van der Waals surface area contributed by atoms with Crippen molar-refractivity contribution in [2.75, 3.05) is 0 Å². The van der Waals surface area contributed by atoms with Crippen molar-refractivity contribution in [3.8, 4) is 0 Å². The summed E-state index contributed by atoms with van der Waals surface area (Å²) in [6, 6.07) is 0. The molecular formula is C29H50. The van der Waals surface area contributed by atoms with Crippen molar-refractivity contribution < 1.29 is 0 Å². The lowest BCUT2D eigenvalue weighted by Gasteiger charge is -2.58. The lowest BCUT2D eigenvalue weighted by atomic mass is 9.47. The van der Waals surface area contributed by atoms with Crippen LogP contribution < -0.4 is 0 Å². The van der Waals surface area contributed by atoms with E-state index in [1.54, 1.807) is 0 Å². The first-order chi connectivity index (χ1) is 13.8. The number of allylic oxidation sites excluding steroid dienone is 2. The average molecular weight is 399 g/mol. The summed E-state index contributed by atoms with van der Waals surface area (Å²) < 4.78 is 0. The molecule has 0 heteroatoms. The van der Waals surface area contributed by atoms with E-state index in [0.717, 1.165) is 41.4 Å². The van der Waals surface area contributed by atoms with Crippen LogP contribution in [0.1, 0.15) is 119 Å². The van der Waals surface area contributed by atoms with Crippen LogP contribution in [-0.4, -0.2) is 0 Å². The molecule has 4 aliphatic carbocycles. The molecule has 0 heterocycles. The summed E-state index contributed by atoms with van der Waals surface area (Å²) in [5.41, 5.74) is 3.07. The summed E-state index contributed by atoms with van der Waals surface area (Å²) in [5, 5.41) is 0. The molecule has 0 N–H and O–H groups in total. The first-order valence-corrected chi connectivity index (χ1v) is 13.5. The molecule has 0 nitrogen and oxygen atoms in total. The molecule has 3 fully saturated rings. The Kier molecular flexibility index (Phi) is 6.32. The average Bonchev–Trinajstić information content (AvgIpc) is 3.05. The second-order valence-corrected chi connectivity index (χ2v) is 12.7. The van der Waals surface area contributed by atoms with E-state index >= 15 is 0 Å². The van der Waals surface area contributed by atoms with Gasteiger partial charge in [0.05, 0.1) is 0 Å². The Labute approximate surface area is 182 Å². The number of rotatable bonds is 6. The molecular weight excluding hydrogens is 348 g/mol. The quantitative estimate of drug-likeness (QED) is 0.391. The summed E-state index contributed by atoms with van der Waals surface area (Å²) in [6.07, 6.45) is 20.4. The molecule has 0 aromatic carbocycles. The topological polar surface area (TPSA) is 0 Å². The second-order valence-electron chi connectivity index (χ2n) is 12.7. The number of hydrogen-bond acceptors (Lipinski definition) is 0. The molecule has 4 aliphatic rings. The third kappa shape index (κ3) is 3.67. The van der Waals surface area contributed by atoms with Gasteiger partial charge >= 0.3 is 0 Å². The standard InChI is InChI=1S/C29H50/c1-7-22(20(2)3)12-11-21(4)25-15-16-26-24-14-13-23-10-8-9-18-28(23,5)27(24)17-19-29(25,26)6/h13,20-22,24-27H,7-12,14-19H2,1-6H3/t21-,22-,24?,25?,26?,27?,28?,29?/m1/s1. The van der Waals surface area contributed by atoms with Gasteiger partial charge < -0.3 is 0 Å². The number of hydrogen-bond donors (Lipinski definition) is 0. The van der Waals surface area contributed by atoms with Crippen molar-refractivity contribution in [2.45, 2.75) is 119 Å². The third-order valence-corrected chi connectivity index (χ3v) is 11.2. The van der Waals surface area contributed by atoms with Crippen molar-refractivity contribution in [3.63, 3.8) is 0 Å². The summed E-state index contributed by atoms with van der Waals surface area (Å²) in [4.78, 5) is 0. The van der Waals surface area contributed by atoms with Gasteiger partial charge in [-0.2, -0.15) is 0 Å². The Morgan fingerprint density at radius 1 is 0.966 bits per heavy atom. The minimum Gasteiger partial charge on any atom is -0.0845 e. The molecule has 6 unspecified atom stereocenters. The van der Waals surface area contributed by atoms with Gasteiger partial charge in [0.25, 0.3) is 0 Å². The normalized spacial score (nSPS) is 43.9. The summed E-state index contributed by atoms with van der Waals surface area (Å²) in [6.45, 7) is 15.3. The van der Waals surface area contributed by atoms with Gasteiger partial charge in [0.1, 0.15) is 0 Å². The molecule has 0 radical (unpaired) electrons. The largest absolute Gasteiger partial charge is 0.0845 e. The minimum absolute atomic E-state index is 0.567. The Balaban J connectivity index is 1.47. The van der Waals surface area contributed by atoms with Crippen LogP contribution in [0.25, 0.3) is 0 Å². The van der Waals surface area contributed by atoms with Crippen molar-refractivity contribution in [1.82, 2.24) is 0 Å². The van der Waals surface area contributed by atoms with Crippen LogP contribution in [0.15, 0.2) is 11.6 Å². The lowest BCUT2D eigenvalue weighted by molar-refractivity contribution is -0.0503. The summed E-state index contributed by atoms with van der Waals surface area (Å²) >= 11 is 0. The van der Waals surface area contributed by atoms with Gasteiger partial charge in [0.2, 0.25) is 0 Å². The van der Waals surface area contributed by atoms with Crippen LogP contribution in [0.3, 0.4) is 0 Å². The monoisotopic (exact) mass is 398 g/mol. The van der Waals surface area contributed by atoms with Gasteiger partial charge in [0, 0.05) is 0 Å². The molecule has 0 spiro atoms. The van der Waals surface area contributed by atoms with Crippen molar-refractivity contribution in [1.29, 1.82) is 0 Å². The minimum atomic E-state index is 0.567. The SMILES string of the molecule is CC[C@H](CC[C@@H](C)C1CCC2C3CC=C4CCCCC4(C)C3CCC21C)C(C)C. The van der Waals surface area contributed by atoms with Gasteiger partial charge in [-0.3, -0.25) is 0 Å². The Hall–Kier alpha value is -0.260. The highest BCUT2D eigenvalue weighted by Crippen LogP contribution is 2.67. The molecule has 0 aliphatic heterocycles. The van der Waals surface area contributed by atoms with Gasteiger partial charge in [-0.05, 0) is 110 Å². The van der Waals surface area contributed by atoms with E-state index in [-0.39, 0.29) is 0 Å². The van der Waals surface area contributed by atoms with E-state index in [4.69, 9.17) is 0 Å². The van der Waals surface area contributed by atoms with Gasteiger partial charge in [-0.25, -0.2) is 0 Å². The van der Waals surface area contributed by atoms with Crippen LogP contribution in [-0.2, 0) is 0 Å². The Morgan fingerprint density at radius 3 is 2.48 bits per heavy atom. The van der Waals surface area contributed by atoms with Gasteiger partial charge in [0.15, 0.2) is 0 Å². The predicted octanol–water partition coefficient (Wildman–Crippen LogP) is 9.05. The Bertz CT molecular complexity index is 599. The van der Waals surface area contributed by atoms with Crippen molar-refractivity contribution in [3.05, 3.63) is 11.6 Å². The van der Waals surface area contributed by atoms with E-state index in [2.05, 4.69) is 47.6 Å². The van der Waals surface area contributed by atoms with Crippen LogP contribution >= 0.6 is 0 Å². The summed E-state index contributed by atoms with van der Waals surface area (Å²) in [5.74, 6) is 6.71. The van der Waals surface area contributed by atoms with E-state index in [9.17, 15) is 0 Å². The maximum atomic E-state index is 2.75. The fourth-order valence-corrected chi connectivity index (χ4v) is 9.36. The van der Waals surface area contributed by atoms with E-state index in [1.165, 1.54) is 77.0 Å². The molecule has 4 rings (SSSR count). The van der Waals surface area contributed by atoms with Gasteiger partial charge in [-0.1, -0.05) is 72.5 Å². The lowest BCUT2D eigenvalue weighted by Crippen LogP contribution is -2.50. The van der Waals surface area contributed by atoms with E-state index < -0.39 is 0 Å². The molecule has 0 aromatic heterocycles. The van der Waals surface area contributed by atoms with Crippen LogP contribution in [0, 0.1) is 52.3 Å². The smallest absolute Gasteiger partial charge is 0.00853 e. The van der Waals surface area contributed by atoms with Crippen molar-refractivity contribution in [2.24, 2.45) is 52.3 Å². The second kappa shape index (κ2) is 8.35. The summed E-state index contributed by atoms with van der Waals surface area (Å²) in [7, 11) is 0. The molecule has 0 bridgehead atoms. The van der Waals surface area contributed by atoms with Crippen LogP contribution in [0.4, 0.5) is 0 Å². The van der Waals surface area contributed by atoms with E-state index in [1.807, 2.05) is 5.57 Å². The molecule has 0 saturated heterocycles. The Morgan fingerprint density at radius 2 is 1.76 bits per heavy atom. The molecule has 3 saturated carbocycles. The third-order valence-electron chi connectivity index (χ3n) is 11.2. The highest BCUT2D eigenvalue weighted by atomic mass is 14.6. The van der Waals surface area contributed by atoms with E-state index in [0.29, 0.717) is 10.8 Å². The fourth-order valence-electron chi connectivity index (χ4n) is 9.36. The maximum absolute atomic E-state index is 2.75. The highest BCUT2D eigenvalue weighted by Gasteiger charge is 2.58. The zero-order valence-electron chi connectivity index (χ0n) is 20.6. The van der Waals surface area contributed by atoms with Crippen molar-refractivity contribution >= 4 is 0 Å².